The smallest absolute Gasteiger partial charge is 0.243 e. The predicted octanol–water partition coefficient (Wildman–Crippen LogP) is -0.925. The fourth-order valence-electron chi connectivity index (χ4n) is 1.15. The van der Waals surface area contributed by atoms with E-state index in [1.54, 1.807) is 6.92 Å². The molecule has 0 radical (unpaired) electrons. The van der Waals surface area contributed by atoms with E-state index in [1.165, 1.54) is 19.5 Å². The van der Waals surface area contributed by atoms with Crippen LogP contribution in [0, 0.1) is 0 Å². The lowest BCUT2D eigenvalue weighted by atomic mass is 10.4. The van der Waals surface area contributed by atoms with E-state index in [1.807, 2.05) is 0 Å². The van der Waals surface area contributed by atoms with Crippen LogP contribution in [0.4, 0.5) is 5.95 Å². The van der Waals surface area contributed by atoms with Gasteiger partial charge >= 0.3 is 0 Å². The van der Waals surface area contributed by atoms with Gasteiger partial charge in [-0.1, -0.05) is 0 Å². The minimum absolute atomic E-state index is 0.0283. The van der Waals surface area contributed by atoms with Gasteiger partial charge in [-0.25, -0.2) is 29.0 Å². The number of sulfonamides is 1. The molecular formula is C8H15N5O3S. The van der Waals surface area contributed by atoms with Gasteiger partial charge in [0.05, 0.1) is 19.0 Å². The molecule has 0 amide bonds. The molecule has 0 fully saturated rings. The standard InChI is InChI=1S/C8H15N5O3S/c1-6(5-16-2)13-17(14,15)7-3-10-8(12-9)11-4-7/h3-4,6,13H,5,9H2,1-2H3,(H,10,11,12). The quantitative estimate of drug-likeness (QED) is 0.447. The normalized spacial score (nSPS) is 13.4. The molecule has 0 saturated carbocycles. The summed E-state index contributed by atoms with van der Waals surface area (Å²) >= 11 is 0. The van der Waals surface area contributed by atoms with Crippen molar-refractivity contribution in [3.63, 3.8) is 0 Å². The van der Waals surface area contributed by atoms with Crippen LogP contribution in [0.2, 0.25) is 0 Å². The van der Waals surface area contributed by atoms with Gasteiger partial charge in [-0.05, 0) is 6.92 Å². The Hall–Kier alpha value is -1.29. The van der Waals surface area contributed by atoms with E-state index >= 15 is 0 Å². The molecule has 0 aromatic carbocycles. The summed E-state index contributed by atoms with van der Waals surface area (Å²) < 4.78 is 30.9. The molecule has 1 atom stereocenters. The summed E-state index contributed by atoms with van der Waals surface area (Å²) in [6, 6.07) is -0.336. The maximum absolute atomic E-state index is 11.8. The van der Waals surface area contributed by atoms with E-state index in [4.69, 9.17) is 10.6 Å². The van der Waals surface area contributed by atoms with E-state index in [2.05, 4.69) is 20.1 Å². The van der Waals surface area contributed by atoms with E-state index < -0.39 is 10.0 Å². The predicted molar refractivity (Wildman–Crippen MR) is 61.5 cm³/mol. The second-order valence-corrected chi connectivity index (χ2v) is 5.08. The number of ether oxygens (including phenoxy) is 1. The van der Waals surface area contributed by atoms with Crippen molar-refractivity contribution in [1.29, 1.82) is 0 Å². The Labute approximate surface area is 99.6 Å². The highest BCUT2D eigenvalue weighted by Crippen LogP contribution is 2.07. The first kappa shape index (κ1) is 13.8. The summed E-state index contributed by atoms with van der Waals surface area (Å²) in [5, 5.41) is 0. The van der Waals surface area contributed by atoms with Crippen molar-refractivity contribution in [2.45, 2.75) is 17.9 Å². The van der Waals surface area contributed by atoms with Crippen molar-refractivity contribution < 1.29 is 13.2 Å². The van der Waals surface area contributed by atoms with Gasteiger partial charge in [0.1, 0.15) is 4.90 Å². The zero-order valence-electron chi connectivity index (χ0n) is 9.54. The molecule has 0 aliphatic carbocycles. The fraction of sp³-hybridized carbons (Fsp3) is 0.500. The minimum Gasteiger partial charge on any atom is -0.383 e. The average Bonchev–Trinajstić information content (AvgIpc) is 2.28. The molecule has 8 nitrogen and oxygen atoms in total. The molecule has 1 heterocycles. The average molecular weight is 261 g/mol. The Morgan fingerprint density at radius 3 is 2.53 bits per heavy atom. The first-order valence-electron chi connectivity index (χ1n) is 4.79. The van der Waals surface area contributed by atoms with Gasteiger partial charge in [0.25, 0.3) is 0 Å². The first-order valence-corrected chi connectivity index (χ1v) is 6.28. The number of hydrogen-bond acceptors (Lipinski definition) is 7. The van der Waals surface area contributed by atoms with E-state index in [0.29, 0.717) is 0 Å². The van der Waals surface area contributed by atoms with Crippen LogP contribution < -0.4 is 16.0 Å². The number of methoxy groups -OCH3 is 1. The maximum Gasteiger partial charge on any atom is 0.243 e. The van der Waals surface area contributed by atoms with Gasteiger partial charge in [-0.2, -0.15) is 0 Å². The van der Waals surface area contributed by atoms with Gasteiger partial charge in [0.2, 0.25) is 16.0 Å². The van der Waals surface area contributed by atoms with Crippen LogP contribution in [-0.4, -0.2) is 38.1 Å². The maximum atomic E-state index is 11.8. The molecule has 4 N–H and O–H groups in total. The molecule has 1 unspecified atom stereocenters. The first-order chi connectivity index (χ1) is 7.99. The van der Waals surface area contributed by atoms with Crippen LogP contribution >= 0.6 is 0 Å². The number of hydrogen-bond donors (Lipinski definition) is 3. The summed E-state index contributed by atoms with van der Waals surface area (Å²) in [5.41, 5.74) is 2.21. The Morgan fingerprint density at radius 2 is 2.06 bits per heavy atom. The summed E-state index contributed by atoms with van der Waals surface area (Å²) in [7, 11) is -2.13. The highest BCUT2D eigenvalue weighted by Gasteiger charge is 2.18. The number of anilines is 1. The second kappa shape index (κ2) is 5.87. The molecule has 1 aromatic heterocycles. The summed E-state index contributed by atoms with van der Waals surface area (Å²) in [6.45, 7) is 1.97. The molecular weight excluding hydrogens is 246 g/mol. The molecule has 0 aliphatic heterocycles. The number of nitrogens with two attached hydrogens (primary N) is 1. The molecule has 1 aromatic rings. The molecule has 0 spiro atoms. The third kappa shape index (κ3) is 3.89. The number of rotatable bonds is 6. The van der Waals surface area contributed by atoms with Crippen molar-refractivity contribution in [2.24, 2.45) is 5.84 Å². The van der Waals surface area contributed by atoms with E-state index in [-0.39, 0.29) is 23.5 Å². The number of aromatic nitrogens is 2. The van der Waals surface area contributed by atoms with E-state index in [9.17, 15) is 8.42 Å². The molecule has 9 heteroatoms. The molecule has 0 saturated heterocycles. The van der Waals surface area contributed by atoms with Crippen molar-refractivity contribution in [3.8, 4) is 0 Å². The molecule has 0 aliphatic rings. The monoisotopic (exact) mass is 261 g/mol. The molecule has 1 rings (SSSR count). The summed E-state index contributed by atoms with van der Waals surface area (Å²) in [6.07, 6.45) is 2.34. The highest BCUT2D eigenvalue weighted by molar-refractivity contribution is 7.89. The number of nitrogens with zero attached hydrogens (tertiary/aromatic N) is 2. The summed E-state index contributed by atoms with van der Waals surface area (Å²) in [4.78, 5) is 7.41. The van der Waals surface area contributed by atoms with Crippen LogP contribution in [-0.2, 0) is 14.8 Å². The number of nitrogens with one attached hydrogen (secondary N) is 2. The zero-order chi connectivity index (χ0) is 12.9. The second-order valence-electron chi connectivity index (χ2n) is 3.36. The SMILES string of the molecule is COCC(C)NS(=O)(=O)c1cnc(NN)nc1. The van der Waals surface area contributed by atoms with E-state index in [0.717, 1.165) is 0 Å². The Kier molecular flexibility index (Phi) is 4.75. The highest BCUT2D eigenvalue weighted by atomic mass is 32.2. The van der Waals surface area contributed by atoms with Crippen LogP contribution in [0.1, 0.15) is 6.92 Å². The van der Waals surface area contributed by atoms with Crippen LogP contribution in [0.5, 0.6) is 0 Å². The largest absolute Gasteiger partial charge is 0.383 e. The molecule has 0 bridgehead atoms. The van der Waals surface area contributed by atoms with Crippen molar-refractivity contribution in [3.05, 3.63) is 12.4 Å². The topological polar surface area (TPSA) is 119 Å². The van der Waals surface area contributed by atoms with Gasteiger partial charge in [0, 0.05) is 13.2 Å². The Bertz CT molecular complexity index is 447. The van der Waals surface area contributed by atoms with Crippen molar-refractivity contribution >= 4 is 16.0 Å². The lowest BCUT2D eigenvalue weighted by Crippen LogP contribution is -2.35. The van der Waals surface area contributed by atoms with Crippen LogP contribution in [0.3, 0.4) is 0 Å². The van der Waals surface area contributed by atoms with Crippen molar-refractivity contribution in [1.82, 2.24) is 14.7 Å². The van der Waals surface area contributed by atoms with Gasteiger partial charge in [-0.3, -0.25) is 5.43 Å². The summed E-state index contributed by atoms with van der Waals surface area (Å²) in [5.74, 6) is 5.22. The van der Waals surface area contributed by atoms with Crippen LogP contribution in [0.15, 0.2) is 17.3 Å². The third-order valence-electron chi connectivity index (χ3n) is 1.84. The Balaban J connectivity index is 2.82. The van der Waals surface area contributed by atoms with Gasteiger partial charge in [-0.15, -0.1) is 0 Å². The van der Waals surface area contributed by atoms with Crippen LogP contribution in [0.25, 0.3) is 0 Å². The Morgan fingerprint density at radius 1 is 1.47 bits per heavy atom. The van der Waals surface area contributed by atoms with Gasteiger partial charge in [0.15, 0.2) is 0 Å². The zero-order valence-corrected chi connectivity index (χ0v) is 10.4. The number of hydrazine groups is 1. The molecule has 17 heavy (non-hydrogen) atoms. The fourth-order valence-corrected chi connectivity index (χ4v) is 2.26. The third-order valence-corrected chi connectivity index (χ3v) is 3.38. The molecule has 96 valence electrons. The lowest BCUT2D eigenvalue weighted by Gasteiger charge is -2.12. The van der Waals surface area contributed by atoms with Crippen molar-refractivity contribution in [2.75, 3.05) is 19.1 Å². The lowest BCUT2D eigenvalue weighted by molar-refractivity contribution is 0.180. The minimum atomic E-state index is -3.63. The number of nitrogen functional groups attached to an aromatic ring is 1. The van der Waals surface area contributed by atoms with Gasteiger partial charge < -0.3 is 4.74 Å².